The maximum atomic E-state index is 12.4. The SMILES string of the molecule is O=C(CSc1ccc2ccccc2c1)N[C@H]1CCCc2ccccc21. The van der Waals surface area contributed by atoms with Crippen LogP contribution < -0.4 is 5.32 Å². The van der Waals surface area contributed by atoms with Gasteiger partial charge in [0.25, 0.3) is 0 Å². The van der Waals surface area contributed by atoms with Crippen LogP contribution in [0, 0.1) is 0 Å². The average molecular weight is 347 g/mol. The van der Waals surface area contributed by atoms with Crippen molar-refractivity contribution < 1.29 is 4.79 Å². The molecular weight excluding hydrogens is 326 g/mol. The molecule has 1 aliphatic carbocycles. The number of benzene rings is 3. The summed E-state index contributed by atoms with van der Waals surface area (Å²) in [6.07, 6.45) is 3.29. The Balaban J connectivity index is 1.39. The van der Waals surface area contributed by atoms with Crippen molar-refractivity contribution in [2.75, 3.05) is 5.75 Å². The topological polar surface area (TPSA) is 29.1 Å². The van der Waals surface area contributed by atoms with Gasteiger partial charge >= 0.3 is 0 Å². The van der Waals surface area contributed by atoms with Gasteiger partial charge in [0.2, 0.25) is 5.91 Å². The summed E-state index contributed by atoms with van der Waals surface area (Å²) in [5, 5.41) is 5.67. The Labute approximate surface area is 152 Å². The Hall–Kier alpha value is -2.26. The lowest BCUT2D eigenvalue weighted by atomic mass is 9.88. The number of carbonyl (C=O) groups excluding carboxylic acids is 1. The van der Waals surface area contributed by atoms with Crippen molar-refractivity contribution in [1.29, 1.82) is 0 Å². The van der Waals surface area contributed by atoms with Crippen LogP contribution in [0.15, 0.2) is 71.6 Å². The summed E-state index contributed by atoms with van der Waals surface area (Å²) in [4.78, 5) is 13.6. The lowest BCUT2D eigenvalue weighted by Crippen LogP contribution is -2.32. The number of carbonyl (C=O) groups is 1. The minimum Gasteiger partial charge on any atom is -0.349 e. The normalized spacial score (nSPS) is 16.4. The van der Waals surface area contributed by atoms with Crippen LogP contribution in [0.1, 0.15) is 30.0 Å². The molecule has 0 unspecified atom stereocenters. The first-order valence-electron chi connectivity index (χ1n) is 8.78. The van der Waals surface area contributed by atoms with E-state index < -0.39 is 0 Å². The highest BCUT2D eigenvalue weighted by Crippen LogP contribution is 2.30. The van der Waals surface area contributed by atoms with E-state index >= 15 is 0 Å². The van der Waals surface area contributed by atoms with Gasteiger partial charge in [-0.2, -0.15) is 0 Å². The molecule has 0 fully saturated rings. The fraction of sp³-hybridized carbons (Fsp3) is 0.227. The van der Waals surface area contributed by atoms with Gasteiger partial charge in [-0.25, -0.2) is 0 Å². The summed E-state index contributed by atoms with van der Waals surface area (Å²) in [5.41, 5.74) is 2.67. The van der Waals surface area contributed by atoms with Gasteiger partial charge in [0.1, 0.15) is 0 Å². The predicted molar refractivity (Wildman–Crippen MR) is 105 cm³/mol. The Bertz CT molecular complexity index is 905. The number of thioether (sulfide) groups is 1. The lowest BCUT2D eigenvalue weighted by Gasteiger charge is -2.26. The number of amides is 1. The van der Waals surface area contributed by atoms with Gasteiger partial charge in [0.15, 0.2) is 0 Å². The molecule has 0 heterocycles. The van der Waals surface area contributed by atoms with E-state index in [0.29, 0.717) is 5.75 Å². The summed E-state index contributed by atoms with van der Waals surface area (Å²) in [6.45, 7) is 0. The molecular formula is C22H21NOS. The van der Waals surface area contributed by atoms with Crippen molar-refractivity contribution in [3.05, 3.63) is 77.9 Å². The first-order valence-corrected chi connectivity index (χ1v) is 9.77. The van der Waals surface area contributed by atoms with Gasteiger partial charge in [-0.1, -0.05) is 54.6 Å². The Kier molecular flexibility index (Phi) is 4.75. The van der Waals surface area contributed by atoms with E-state index in [1.165, 1.54) is 21.9 Å². The van der Waals surface area contributed by atoms with E-state index in [2.05, 4.69) is 59.9 Å². The summed E-state index contributed by atoms with van der Waals surface area (Å²) < 4.78 is 0. The second kappa shape index (κ2) is 7.32. The first-order chi connectivity index (χ1) is 12.3. The lowest BCUT2D eigenvalue weighted by molar-refractivity contribution is -0.119. The molecule has 126 valence electrons. The predicted octanol–water partition coefficient (Wildman–Crippen LogP) is 5.13. The number of hydrogen-bond donors (Lipinski definition) is 1. The third-order valence-electron chi connectivity index (χ3n) is 4.80. The molecule has 3 aromatic carbocycles. The molecule has 0 aliphatic heterocycles. The zero-order valence-electron chi connectivity index (χ0n) is 14.1. The summed E-state index contributed by atoms with van der Waals surface area (Å²) >= 11 is 1.60. The molecule has 0 bridgehead atoms. The van der Waals surface area contributed by atoms with E-state index in [9.17, 15) is 4.79 Å². The van der Waals surface area contributed by atoms with Gasteiger partial charge in [0.05, 0.1) is 11.8 Å². The second-order valence-corrected chi connectivity index (χ2v) is 7.56. The number of hydrogen-bond acceptors (Lipinski definition) is 2. The molecule has 0 spiro atoms. The van der Waals surface area contributed by atoms with E-state index in [1.807, 2.05) is 12.1 Å². The summed E-state index contributed by atoms with van der Waals surface area (Å²) in [6, 6.07) is 23.3. The van der Waals surface area contributed by atoms with Crippen molar-refractivity contribution in [3.63, 3.8) is 0 Å². The van der Waals surface area contributed by atoms with E-state index in [-0.39, 0.29) is 11.9 Å². The third kappa shape index (κ3) is 3.72. The Morgan fingerprint density at radius 3 is 2.72 bits per heavy atom. The minimum absolute atomic E-state index is 0.111. The van der Waals surface area contributed by atoms with Crippen LogP contribution in [-0.4, -0.2) is 11.7 Å². The van der Waals surface area contributed by atoms with Gasteiger partial charge in [-0.3, -0.25) is 4.79 Å². The second-order valence-electron chi connectivity index (χ2n) is 6.51. The monoisotopic (exact) mass is 347 g/mol. The van der Waals surface area contributed by atoms with Crippen LogP contribution >= 0.6 is 11.8 Å². The fourth-order valence-electron chi connectivity index (χ4n) is 3.55. The van der Waals surface area contributed by atoms with E-state index in [4.69, 9.17) is 0 Å². The molecule has 1 N–H and O–H groups in total. The van der Waals surface area contributed by atoms with Crippen LogP contribution in [0.2, 0.25) is 0 Å². The quantitative estimate of drug-likeness (QED) is 0.663. The molecule has 2 nitrogen and oxygen atoms in total. The molecule has 1 atom stereocenters. The van der Waals surface area contributed by atoms with E-state index in [0.717, 1.165) is 24.2 Å². The highest BCUT2D eigenvalue weighted by molar-refractivity contribution is 8.00. The zero-order valence-corrected chi connectivity index (χ0v) is 14.9. The van der Waals surface area contributed by atoms with Crippen LogP contribution in [0.4, 0.5) is 0 Å². The molecule has 0 saturated carbocycles. The average Bonchev–Trinajstić information content (AvgIpc) is 2.66. The standard InChI is InChI=1S/C22H21NOS/c24-22(23-21-11-5-9-17-7-3-4-10-20(17)21)15-25-19-13-12-16-6-1-2-8-18(16)14-19/h1-4,6-8,10,12-14,21H,5,9,11,15H2,(H,23,24)/t21-/m0/s1. The number of nitrogens with one attached hydrogen (secondary N) is 1. The van der Waals surface area contributed by atoms with Gasteiger partial charge < -0.3 is 5.32 Å². The van der Waals surface area contributed by atoms with Gasteiger partial charge in [-0.05, 0) is 53.3 Å². The molecule has 1 aliphatic rings. The molecule has 0 saturated heterocycles. The number of rotatable bonds is 4. The van der Waals surface area contributed by atoms with E-state index in [1.54, 1.807) is 11.8 Å². The van der Waals surface area contributed by atoms with Crippen LogP contribution in [-0.2, 0) is 11.2 Å². The number of fused-ring (bicyclic) bond motifs is 2. The third-order valence-corrected chi connectivity index (χ3v) is 5.79. The van der Waals surface area contributed by atoms with Crippen molar-refractivity contribution in [3.8, 4) is 0 Å². The Morgan fingerprint density at radius 2 is 1.80 bits per heavy atom. The molecule has 4 rings (SSSR count). The maximum absolute atomic E-state index is 12.4. The van der Waals surface area contributed by atoms with Gasteiger partial charge in [-0.15, -0.1) is 11.8 Å². The molecule has 3 heteroatoms. The maximum Gasteiger partial charge on any atom is 0.230 e. The number of aryl methyl sites for hydroxylation is 1. The summed E-state index contributed by atoms with van der Waals surface area (Å²) in [5.74, 6) is 0.566. The van der Waals surface area contributed by atoms with Crippen LogP contribution in [0.5, 0.6) is 0 Å². The van der Waals surface area contributed by atoms with Crippen molar-refractivity contribution in [2.24, 2.45) is 0 Å². The van der Waals surface area contributed by atoms with Crippen molar-refractivity contribution in [1.82, 2.24) is 5.32 Å². The highest BCUT2D eigenvalue weighted by atomic mass is 32.2. The van der Waals surface area contributed by atoms with Crippen molar-refractivity contribution in [2.45, 2.75) is 30.2 Å². The first kappa shape index (κ1) is 16.2. The zero-order chi connectivity index (χ0) is 17.1. The van der Waals surface area contributed by atoms with Gasteiger partial charge in [0, 0.05) is 4.90 Å². The molecule has 3 aromatic rings. The molecule has 0 radical (unpaired) electrons. The van der Waals surface area contributed by atoms with Crippen LogP contribution in [0.25, 0.3) is 10.8 Å². The molecule has 0 aromatic heterocycles. The highest BCUT2D eigenvalue weighted by Gasteiger charge is 2.21. The van der Waals surface area contributed by atoms with Crippen molar-refractivity contribution >= 4 is 28.4 Å². The largest absolute Gasteiger partial charge is 0.349 e. The fourth-order valence-corrected chi connectivity index (χ4v) is 4.30. The van der Waals surface area contributed by atoms with Crippen LogP contribution in [0.3, 0.4) is 0 Å². The smallest absolute Gasteiger partial charge is 0.230 e. The molecule has 25 heavy (non-hydrogen) atoms. The minimum atomic E-state index is 0.111. The summed E-state index contributed by atoms with van der Waals surface area (Å²) in [7, 11) is 0. The Morgan fingerprint density at radius 1 is 1.00 bits per heavy atom. The molecule has 1 amide bonds.